The van der Waals surface area contributed by atoms with Gasteiger partial charge in [-0.15, -0.1) is 0 Å². The number of ether oxygens (including phenoxy) is 1. The van der Waals surface area contributed by atoms with E-state index in [9.17, 15) is 23.5 Å². The van der Waals surface area contributed by atoms with Gasteiger partial charge in [0.1, 0.15) is 29.3 Å². The van der Waals surface area contributed by atoms with Crippen LogP contribution < -0.4 is 16.0 Å². The van der Waals surface area contributed by atoms with E-state index in [1.165, 1.54) is 18.2 Å². The highest BCUT2D eigenvalue weighted by molar-refractivity contribution is 5.80. The number of aliphatic hydroxyl groups is 1. The smallest absolute Gasteiger partial charge is 0.295 e. The summed E-state index contributed by atoms with van der Waals surface area (Å²) in [6.45, 7) is -0.768. The van der Waals surface area contributed by atoms with Crippen LogP contribution in [0.4, 0.5) is 23.2 Å². The van der Waals surface area contributed by atoms with E-state index in [2.05, 4.69) is 9.88 Å². The predicted molar refractivity (Wildman–Crippen MR) is 169 cm³/mol. The van der Waals surface area contributed by atoms with E-state index in [0.29, 0.717) is 31.6 Å². The Hall–Kier alpha value is -4.75. The standard InChI is InChI=1S/C35H35F4N5O4/c36-25-10-12-26(13-11-25)48-31-30(40)33(46)44(22-41-31)20-34(47)15-17-43(21-35(34,38)39)32(45)27-14-16-42(18-24-8-4-5-9-29(24)37)19-28(27)23-6-2-1-3-7-23/h1-13,22,27-28,47H,14-21,40H2/t27-,28+,34+/m1/s1. The molecule has 252 valence electrons. The number of benzene rings is 3. The highest BCUT2D eigenvalue weighted by Crippen LogP contribution is 2.41. The van der Waals surface area contributed by atoms with E-state index in [1.807, 2.05) is 30.3 Å². The normalized spacial score (nSPS) is 22.7. The number of carbonyl (C=O) groups excluding carboxylic acids is 1. The molecule has 3 heterocycles. The fraction of sp³-hybridized carbons (Fsp3) is 0.343. The van der Waals surface area contributed by atoms with Crippen LogP contribution in [0.25, 0.3) is 0 Å². The molecule has 2 aliphatic heterocycles. The molecule has 0 saturated carbocycles. The summed E-state index contributed by atoms with van der Waals surface area (Å²) < 4.78 is 65.5. The number of nitrogen functional groups attached to an aromatic ring is 1. The highest BCUT2D eigenvalue weighted by atomic mass is 19.3. The van der Waals surface area contributed by atoms with Gasteiger partial charge in [0.2, 0.25) is 11.8 Å². The van der Waals surface area contributed by atoms with Gasteiger partial charge in [0.05, 0.1) is 13.1 Å². The number of halogens is 4. The van der Waals surface area contributed by atoms with Gasteiger partial charge in [0.15, 0.2) is 5.69 Å². The van der Waals surface area contributed by atoms with Crippen LogP contribution in [0.1, 0.15) is 29.9 Å². The van der Waals surface area contributed by atoms with Crippen molar-refractivity contribution < 1.29 is 32.2 Å². The number of alkyl halides is 2. The van der Waals surface area contributed by atoms with E-state index < -0.39 is 59.9 Å². The highest BCUT2D eigenvalue weighted by Gasteiger charge is 2.57. The second-order valence-electron chi connectivity index (χ2n) is 12.4. The summed E-state index contributed by atoms with van der Waals surface area (Å²) in [5.74, 6) is -6.12. The summed E-state index contributed by atoms with van der Waals surface area (Å²) in [6, 6.07) is 20.8. The molecular weight excluding hydrogens is 630 g/mol. The first kappa shape index (κ1) is 33.2. The van der Waals surface area contributed by atoms with Gasteiger partial charge in [0.25, 0.3) is 11.5 Å². The van der Waals surface area contributed by atoms with Crippen molar-refractivity contribution in [2.75, 3.05) is 31.9 Å². The molecule has 0 aliphatic carbocycles. The molecule has 2 aliphatic rings. The second kappa shape index (κ2) is 13.4. The van der Waals surface area contributed by atoms with Gasteiger partial charge in [-0.1, -0.05) is 48.5 Å². The molecule has 1 aromatic heterocycles. The van der Waals surface area contributed by atoms with Crippen LogP contribution in [0, 0.1) is 17.6 Å². The Labute approximate surface area is 274 Å². The van der Waals surface area contributed by atoms with Crippen molar-refractivity contribution in [3.63, 3.8) is 0 Å². The lowest BCUT2D eigenvalue weighted by molar-refractivity contribution is -0.223. The first-order valence-corrected chi connectivity index (χ1v) is 15.6. The molecular formula is C35H35F4N5O4. The molecule has 13 heteroatoms. The molecule has 0 radical (unpaired) electrons. The molecule has 0 bridgehead atoms. The Kier molecular flexibility index (Phi) is 9.26. The van der Waals surface area contributed by atoms with E-state index >= 15 is 8.78 Å². The molecule has 48 heavy (non-hydrogen) atoms. The van der Waals surface area contributed by atoms with E-state index in [-0.39, 0.29) is 29.9 Å². The average molecular weight is 666 g/mol. The minimum atomic E-state index is -3.79. The molecule has 2 saturated heterocycles. The molecule has 4 aromatic rings. The number of hydrogen-bond acceptors (Lipinski definition) is 7. The Morgan fingerprint density at radius 1 is 1.00 bits per heavy atom. The Balaban J connectivity index is 1.16. The number of likely N-dealkylation sites (tertiary alicyclic amines) is 2. The summed E-state index contributed by atoms with van der Waals surface area (Å²) >= 11 is 0. The number of nitrogens with zero attached hydrogens (tertiary/aromatic N) is 4. The van der Waals surface area contributed by atoms with Crippen LogP contribution in [-0.4, -0.2) is 68.1 Å². The maximum absolute atomic E-state index is 15.8. The van der Waals surface area contributed by atoms with Crippen molar-refractivity contribution >= 4 is 11.6 Å². The third-order valence-electron chi connectivity index (χ3n) is 9.27. The van der Waals surface area contributed by atoms with E-state index in [4.69, 9.17) is 10.5 Å². The van der Waals surface area contributed by atoms with Gasteiger partial charge < -0.3 is 20.5 Å². The molecule has 3 aromatic carbocycles. The van der Waals surface area contributed by atoms with Crippen molar-refractivity contribution in [2.24, 2.45) is 5.92 Å². The number of hydrogen-bond donors (Lipinski definition) is 2. The van der Waals surface area contributed by atoms with Crippen LogP contribution >= 0.6 is 0 Å². The Morgan fingerprint density at radius 2 is 1.71 bits per heavy atom. The topological polar surface area (TPSA) is 114 Å². The van der Waals surface area contributed by atoms with Gasteiger partial charge >= 0.3 is 0 Å². The van der Waals surface area contributed by atoms with Gasteiger partial charge in [-0.25, -0.2) is 22.5 Å². The van der Waals surface area contributed by atoms with E-state index in [1.54, 1.807) is 18.2 Å². The van der Waals surface area contributed by atoms with Crippen molar-refractivity contribution in [2.45, 2.75) is 43.4 Å². The van der Waals surface area contributed by atoms with Crippen LogP contribution in [0.5, 0.6) is 11.6 Å². The Morgan fingerprint density at radius 3 is 2.42 bits per heavy atom. The zero-order chi connectivity index (χ0) is 34.1. The summed E-state index contributed by atoms with van der Waals surface area (Å²) in [4.78, 5) is 34.0. The average Bonchev–Trinajstić information content (AvgIpc) is 3.08. The zero-order valence-corrected chi connectivity index (χ0v) is 25.9. The lowest BCUT2D eigenvalue weighted by Gasteiger charge is -2.46. The largest absolute Gasteiger partial charge is 0.437 e. The SMILES string of the molecule is Nc1c(Oc2ccc(F)cc2)ncn(C[C@@]2(O)CCN(C(=O)[C@@H]3CCN(Cc4ccccc4F)C[C@H]3c3ccccc3)CC2(F)F)c1=O. The van der Waals surface area contributed by atoms with Crippen LogP contribution in [-0.2, 0) is 17.9 Å². The third kappa shape index (κ3) is 6.78. The summed E-state index contributed by atoms with van der Waals surface area (Å²) in [5, 5.41) is 11.2. The molecule has 6 rings (SSSR count). The Bertz CT molecular complexity index is 1820. The minimum Gasteiger partial charge on any atom is -0.437 e. The fourth-order valence-electron chi connectivity index (χ4n) is 6.53. The van der Waals surface area contributed by atoms with Gasteiger partial charge in [0, 0.05) is 43.5 Å². The molecule has 2 fully saturated rings. The van der Waals surface area contributed by atoms with Crippen LogP contribution in [0.15, 0.2) is 90.0 Å². The van der Waals surface area contributed by atoms with E-state index in [0.717, 1.165) is 33.5 Å². The molecule has 1 amide bonds. The predicted octanol–water partition coefficient (Wildman–Crippen LogP) is 4.80. The number of rotatable bonds is 8. The van der Waals surface area contributed by atoms with Crippen molar-refractivity contribution in [3.05, 3.63) is 118 Å². The van der Waals surface area contributed by atoms with Gasteiger partial charge in [-0.2, -0.15) is 0 Å². The number of nitrogens with two attached hydrogens (primary N) is 1. The minimum absolute atomic E-state index is 0.153. The van der Waals surface area contributed by atoms with Crippen LogP contribution in [0.2, 0.25) is 0 Å². The summed E-state index contributed by atoms with van der Waals surface area (Å²) in [5.41, 5.74) is 3.26. The number of amides is 1. The van der Waals surface area contributed by atoms with Gasteiger partial charge in [-0.05, 0) is 48.9 Å². The quantitative estimate of drug-likeness (QED) is 0.260. The summed E-state index contributed by atoms with van der Waals surface area (Å²) in [7, 11) is 0. The number of carbonyl (C=O) groups is 1. The zero-order valence-electron chi connectivity index (χ0n) is 25.9. The van der Waals surface area contributed by atoms with Crippen molar-refractivity contribution in [1.29, 1.82) is 0 Å². The number of piperidine rings is 2. The maximum atomic E-state index is 15.8. The van der Waals surface area contributed by atoms with Gasteiger partial charge in [-0.3, -0.25) is 19.1 Å². The monoisotopic (exact) mass is 665 g/mol. The van der Waals surface area contributed by atoms with Crippen LogP contribution in [0.3, 0.4) is 0 Å². The molecule has 0 spiro atoms. The molecule has 9 nitrogen and oxygen atoms in total. The number of anilines is 1. The summed E-state index contributed by atoms with van der Waals surface area (Å²) in [6.07, 6.45) is 0.822. The second-order valence-corrected chi connectivity index (χ2v) is 12.4. The fourth-order valence-corrected chi connectivity index (χ4v) is 6.53. The molecule has 3 N–H and O–H groups in total. The first-order valence-electron chi connectivity index (χ1n) is 15.6. The molecule has 3 atom stereocenters. The lowest BCUT2D eigenvalue weighted by Crippen LogP contribution is -2.64. The van der Waals surface area contributed by atoms with Crippen molar-refractivity contribution in [3.8, 4) is 11.6 Å². The van der Waals surface area contributed by atoms with Crippen molar-refractivity contribution in [1.82, 2.24) is 19.4 Å². The lowest BCUT2D eigenvalue weighted by atomic mass is 9.78. The number of aromatic nitrogens is 2. The maximum Gasteiger partial charge on any atom is 0.295 e. The molecule has 0 unspecified atom stereocenters. The first-order chi connectivity index (χ1) is 22.9. The third-order valence-corrected chi connectivity index (χ3v) is 9.27.